The number of fused-ring (bicyclic) bond motifs is 1. The predicted molar refractivity (Wildman–Crippen MR) is 133 cm³/mol. The molecule has 1 N–H and O–H groups in total. The number of hydrogen-bond donors (Lipinski definition) is 1. The summed E-state index contributed by atoms with van der Waals surface area (Å²) in [5, 5.41) is 9.66. The molecule has 1 heterocycles. The lowest BCUT2D eigenvalue weighted by atomic mass is 10.0. The van der Waals surface area contributed by atoms with Crippen LogP contribution in [0.3, 0.4) is 0 Å². The number of aliphatic carboxylic acids is 1. The minimum absolute atomic E-state index is 0.290. The number of benzene rings is 3. The van der Waals surface area contributed by atoms with Crippen LogP contribution in [0.2, 0.25) is 0 Å². The van der Waals surface area contributed by atoms with E-state index in [0.29, 0.717) is 46.5 Å². The van der Waals surface area contributed by atoms with Crippen LogP contribution < -0.4 is 14.2 Å². The molecule has 4 aromatic rings. The molecule has 9 heteroatoms. The monoisotopic (exact) mass is 513 g/mol. The quantitative estimate of drug-likeness (QED) is 0.266. The fourth-order valence-corrected chi connectivity index (χ4v) is 4.39. The second kappa shape index (κ2) is 10.5. The minimum atomic E-state index is -4.85. The lowest BCUT2D eigenvalue weighted by Crippen LogP contribution is -2.25. The molecule has 1 unspecified atom stereocenters. The lowest BCUT2D eigenvalue weighted by molar-refractivity contribution is -0.274. The van der Waals surface area contributed by atoms with Crippen molar-refractivity contribution in [2.75, 3.05) is 7.11 Å². The summed E-state index contributed by atoms with van der Waals surface area (Å²) in [5.41, 5.74) is 3.42. The Kier molecular flexibility index (Phi) is 7.33. The van der Waals surface area contributed by atoms with Crippen molar-refractivity contribution in [2.45, 2.75) is 39.3 Å². The van der Waals surface area contributed by atoms with Gasteiger partial charge in [0, 0.05) is 17.8 Å². The van der Waals surface area contributed by atoms with Crippen molar-refractivity contribution in [1.29, 1.82) is 0 Å². The molecule has 0 spiro atoms. The molecule has 0 saturated carbocycles. The Morgan fingerprint density at radius 3 is 2.35 bits per heavy atom. The van der Waals surface area contributed by atoms with Crippen LogP contribution in [0.5, 0.6) is 17.2 Å². The number of methoxy groups -OCH3 is 1. The first kappa shape index (κ1) is 25.9. The van der Waals surface area contributed by atoms with Crippen molar-refractivity contribution in [3.05, 3.63) is 78.0 Å². The summed E-state index contributed by atoms with van der Waals surface area (Å²) >= 11 is 0. The summed E-state index contributed by atoms with van der Waals surface area (Å²) in [5.74, 6) is -0.318. The molecule has 1 atom stereocenters. The van der Waals surface area contributed by atoms with E-state index < -0.39 is 18.4 Å². The lowest BCUT2D eigenvalue weighted by Gasteiger charge is -2.15. The number of hydrogen-bond acceptors (Lipinski definition) is 4. The predicted octanol–water partition coefficient (Wildman–Crippen LogP) is 6.81. The molecule has 0 fully saturated rings. The first-order valence-electron chi connectivity index (χ1n) is 11.6. The number of rotatable bonds is 9. The van der Waals surface area contributed by atoms with Gasteiger partial charge in [0.15, 0.2) is 6.10 Å². The van der Waals surface area contributed by atoms with Gasteiger partial charge < -0.3 is 23.9 Å². The summed E-state index contributed by atoms with van der Waals surface area (Å²) in [4.78, 5) is 11.4. The smallest absolute Gasteiger partial charge is 0.497 e. The first-order valence-corrected chi connectivity index (χ1v) is 11.6. The number of carboxylic acids is 1. The van der Waals surface area contributed by atoms with Gasteiger partial charge in [0.1, 0.15) is 17.2 Å². The van der Waals surface area contributed by atoms with Gasteiger partial charge in [-0.25, -0.2) is 4.79 Å². The van der Waals surface area contributed by atoms with Crippen LogP contribution in [0.4, 0.5) is 13.2 Å². The number of halogens is 3. The van der Waals surface area contributed by atoms with E-state index in [1.807, 2.05) is 17.6 Å². The van der Waals surface area contributed by atoms with Crippen molar-refractivity contribution in [3.8, 4) is 28.4 Å². The number of carboxylic acid groups (broad SMARTS) is 1. The highest BCUT2D eigenvalue weighted by Gasteiger charge is 2.33. The summed E-state index contributed by atoms with van der Waals surface area (Å²) in [6.45, 7) is 3.88. The van der Waals surface area contributed by atoms with Gasteiger partial charge in [0.05, 0.1) is 18.0 Å². The molecule has 0 radical (unpaired) electrons. The zero-order valence-electron chi connectivity index (χ0n) is 20.5. The van der Waals surface area contributed by atoms with Crippen LogP contribution in [0, 0.1) is 6.92 Å². The van der Waals surface area contributed by atoms with Crippen LogP contribution in [0.1, 0.15) is 24.6 Å². The second-order valence-electron chi connectivity index (χ2n) is 8.47. The van der Waals surface area contributed by atoms with Gasteiger partial charge in [0.2, 0.25) is 0 Å². The van der Waals surface area contributed by atoms with Crippen molar-refractivity contribution >= 4 is 16.9 Å². The average Bonchev–Trinajstić information content (AvgIpc) is 3.14. The largest absolute Gasteiger partial charge is 0.573 e. The average molecular weight is 514 g/mol. The van der Waals surface area contributed by atoms with Gasteiger partial charge in [-0.15, -0.1) is 13.2 Å². The maximum Gasteiger partial charge on any atom is 0.573 e. The standard InChI is InChI=1S/C28H26F3NO5/c1-4-23(27(33)34)36-21-8-5-7-18(15-21)16-32-17(2)25(19-11-13-20(35-3)14-12-19)26-22(32)9-6-10-24(26)37-28(29,30)31/h5-15,23H,4,16H2,1-3H3,(H,33,34). The van der Waals surface area contributed by atoms with Crippen LogP contribution in [0.15, 0.2) is 66.7 Å². The van der Waals surface area contributed by atoms with Gasteiger partial charge in [-0.1, -0.05) is 37.3 Å². The number of carbonyl (C=O) groups is 1. The molecule has 3 aromatic carbocycles. The molecule has 194 valence electrons. The van der Waals surface area contributed by atoms with Gasteiger partial charge in [0.25, 0.3) is 0 Å². The molecule has 0 bridgehead atoms. The molecule has 37 heavy (non-hydrogen) atoms. The van der Waals surface area contributed by atoms with Crippen molar-refractivity contribution in [2.24, 2.45) is 0 Å². The summed E-state index contributed by atoms with van der Waals surface area (Å²) < 4.78 is 57.1. The van der Waals surface area contributed by atoms with Crippen LogP contribution in [0.25, 0.3) is 22.0 Å². The normalized spacial score (nSPS) is 12.4. The zero-order valence-corrected chi connectivity index (χ0v) is 20.5. The van der Waals surface area contributed by atoms with Gasteiger partial charge in [-0.2, -0.15) is 0 Å². The third-order valence-corrected chi connectivity index (χ3v) is 6.08. The summed E-state index contributed by atoms with van der Waals surface area (Å²) in [6, 6.07) is 18.7. The third kappa shape index (κ3) is 5.66. The molecular weight excluding hydrogens is 487 g/mol. The topological polar surface area (TPSA) is 69.9 Å². The maximum absolute atomic E-state index is 13.3. The van der Waals surface area contributed by atoms with Crippen molar-refractivity contribution in [1.82, 2.24) is 4.57 Å². The minimum Gasteiger partial charge on any atom is -0.497 e. The number of alkyl halides is 3. The van der Waals surface area contributed by atoms with Crippen molar-refractivity contribution in [3.63, 3.8) is 0 Å². The first-order chi connectivity index (χ1) is 17.6. The fraction of sp³-hybridized carbons (Fsp3) is 0.250. The number of ether oxygens (including phenoxy) is 3. The van der Waals surface area contributed by atoms with Crippen LogP contribution in [-0.2, 0) is 11.3 Å². The van der Waals surface area contributed by atoms with Gasteiger partial charge in [-0.05, 0) is 60.9 Å². The van der Waals surface area contributed by atoms with E-state index in [4.69, 9.17) is 9.47 Å². The Labute approximate surface area is 211 Å². The molecule has 0 aliphatic carbocycles. The SMILES string of the molecule is CCC(Oc1cccc(Cn2c(C)c(-c3ccc(OC)cc3)c3c(OC(F)(F)F)cccc32)c1)C(=O)O. The molecule has 1 aromatic heterocycles. The Morgan fingerprint density at radius 1 is 1.03 bits per heavy atom. The maximum atomic E-state index is 13.3. The van der Waals surface area contributed by atoms with Crippen LogP contribution in [-0.4, -0.2) is 35.2 Å². The second-order valence-corrected chi connectivity index (χ2v) is 8.47. The Bertz CT molecular complexity index is 1410. The number of aromatic nitrogens is 1. The number of nitrogens with zero attached hydrogens (tertiary/aromatic N) is 1. The zero-order chi connectivity index (χ0) is 26.7. The van der Waals surface area contributed by atoms with E-state index in [2.05, 4.69) is 4.74 Å². The van der Waals surface area contributed by atoms with Crippen LogP contribution >= 0.6 is 0 Å². The highest BCUT2D eigenvalue weighted by molar-refractivity contribution is 6.02. The summed E-state index contributed by atoms with van der Waals surface area (Å²) in [6.07, 6.45) is -5.53. The van der Waals surface area contributed by atoms with E-state index in [1.165, 1.54) is 12.1 Å². The van der Waals surface area contributed by atoms with E-state index in [-0.39, 0.29) is 5.75 Å². The fourth-order valence-electron chi connectivity index (χ4n) is 4.39. The third-order valence-electron chi connectivity index (χ3n) is 6.08. The molecule has 0 aliphatic heterocycles. The Balaban J connectivity index is 1.83. The molecular formula is C28H26F3NO5. The molecule has 6 nitrogen and oxygen atoms in total. The molecule has 4 rings (SSSR count). The highest BCUT2D eigenvalue weighted by atomic mass is 19.4. The van der Waals surface area contributed by atoms with E-state index >= 15 is 0 Å². The van der Waals surface area contributed by atoms with Gasteiger partial charge >= 0.3 is 12.3 Å². The van der Waals surface area contributed by atoms with E-state index in [9.17, 15) is 23.1 Å². The summed E-state index contributed by atoms with van der Waals surface area (Å²) in [7, 11) is 1.54. The van der Waals surface area contributed by atoms with Gasteiger partial charge in [-0.3, -0.25) is 0 Å². The molecule has 0 amide bonds. The molecule has 0 saturated heterocycles. The Hall–Kier alpha value is -4.14. The van der Waals surface area contributed by atoms with E-state index in [0.717, 1.165) is 11.3 Å². The Morgan fingerprint density at radius 2 is 1.73 bits per heavy atom. The van der Waals surface area contributed by atoms with Crippen molar-refractivity contribution < 1.29 is 37.3 Å². The van der Waals surface area contributed by atoms with E-state index in [1.54, 1.807) is 62.6 Å². The highest BCUT2D eigenvalue weighted by Crippen LogP contribution is 2.42. The molecule has 0 aliphatic rings.